The number of carbonyl (C=O) groups is 1. The van der Waals surface area contributed by atoms with Gasteiger partial charge in [0.25, 0.3) is 10.0 Å². The number of ether oxygens (including phenoxy) is 1. The molecular formula is C27H32N2O4S2. The lowest BCUT2D eigenvalue weighted by molar-refractivity contribution is -0.119. The third-order valence-corrected chi connectivity index (χ3v) is 8.30. The Morgan fingerprint density at radius 2 is 1.51 bits per heavy atom. The number of benzene rings is 3. The van der Waals surface area contributed by atoms with Crippen molar-refractivity contribution in [3.05, 3.63) is 83.4 Å². The van der Waals surface area contributed by atoms with Crippen molar-refractivity contribution in [2.75, 3.05) is 30.3 Å². The monoisotopic (exact) mass is 512 g/mol. The smallest absolute Gasteiger partial charge is 0.264 e. The highest BCUT2D eigenvalue weighted by molar-refractivity contribution is 7.99. The quantitative estimate of drug-likeness (QED) is 0.285. The van der Waals surface area contributed by atoms with E-state index in [2.05, 4.69) is 36.5 Å². The van der Waals surface area contributed by atoms with Crippen LogP contribution in [0.1, 0.15) is 23.1 Å². The van der Waals surface area contributed by atoms with Gasteiger partial charge in [0, 0.05) is 11.4 Å². The zero-order valence-electron chi connectivity index (χ0n) is 20.6. The molecule has 6 nitrogen and oxygen atoms in total. The van der Waals surface area contributed by atoms with Gasteiger partial charge in [-0.1, -0.05) is 41.5 Å². The van der Waals surface area contributed by atoms with Crippen LogP contribution in [0.5, 0.6) is 5.75 Å². The summed E-state index contributed by atoms with van der Waals surface area (Å²) in [5.74, 6) is 0.860. The molecule has 3 aromatic carbocycles. The molecular weight excluding hydrogens is 480 g/mol. The van der Waals surface area contributed by atoms with E-state index in [9.17, 15) is 13.2 Å². The van der Waals surface area contributed by atoms with Crippen LogP contribution in [0.3, 0.4) is 0 Å². The Balaban J connectivity index is 1.72. The SMILES string of the molecule is COc1ccc(C)cc1N(CC(=O)NCCCSc1ccc(C)cc1)S(=O)(=O)c1ccc(C)cc1. The molecule has 1 amide bonds. The third kappa shape index (κ3) is 7.26. The highest BCUT2D eigenvalue weighted by Gasteiger charge is 2.29. The van der Waals surface area contributed by atoms with Crippen LogP contribution < -0.4 is 14.4 Å². The van der Waals surface area contributed by atoms with Crippen molar-refractivity contribution < 1.29 is 17.9 Å². The molecule has 0 spiro atoms. The van der Waals surface area contributed by atoms with E-state index in [1.54, 1.807) is 48.2 Å². The zero-order valence-corrected chi connectivity index (χ0v) is 22.2. The minimum Gasteiger partial charge on any atom is -0.495 e. The number of nitrogens with one attached hydrogen (secondary N) is 1. The fourth-order valence-electron chi connectivity index (χ4n) is 3.44. The number of sulfonamides is 1. The summed E-state index contributed by atoms with van der Waals surface area (Å²) in [6.07, 6.45) is 0.767. The Labute approximate surface area is 212 Å². The van der Waals surface area contributed by atoms with E-state index in [0.29, 0.717) is 18.0 Å². The first kappa shape index (κ1) is 26.6. The number of carbonyl (C=O) groups excluding carboxylic acids is 1. The Hall–Kier alpha value is -2.97. The number of anilines is 1. The van der Waals surface area contributed by atoms with Crippen molar-refractivity contribution >= 4 is 33.4 Å². The summed E-state index contributed by atoms with van der Waals surface area (Å²) < 4.78 is 33.8. The van der Waals surface area contributed by atoms with Crippen LogP contribution in [0.4, 0.5) is 5.69 Å². The number of rotatable bonds is 11. The molecule has 1 N–H and O–H groups in total. The first-order valence-electron chi connectivity index (χ1n) is 11.4. The van der Waals surface area contributed by atoms with Gasteiger partial charge < -0.3 is 10.1 Å². The molecule has 8 heteroatoms. The molecule has 186 valence electrons. The highest BCUT2D eigenvalue weighted by atomic mass is 32.2. The Kier molecular flexibility index (Phi) is 9.23. The average Bonchev–Trinajstić information content (AvgIpc) is 2.83. The number of aryl methyl sites for hydroxylation is 3. The number of thioether (sulfide) groups is 1. The molecule has 0 aliphatic heterocycles. The second-order valence-electron chi connectivity index (χ2n) is 8.37. The van der Waals surface area contributed by atoms with Gasteiger partial charge in [0.1, 0.15) is 12.3 Å². The Morgan fingerprint density at radius 1 is 0.914 bits per heavy atom. The number of hydrogen-bond donors (Lipinski definition) is 1. The van der Waals surface area contributed by atoms with Crippen molar-refractivity contribution in [2.45, 2.75) is 37.0 Å². The largest absolute Gasteiger partial charge is 0.495 e. The van der Waals surface area contributed by atoms with Crippen molar-refractivity contribution in [1.82, 2.24) is 5.32 Å². The molecule has 0 atom stereocenters. The Bertz CT molecular complexity index is 1240. The Morgan fingerprint density at radius 3 is 2.14 bits per heavy atom. The number of nitrogens with zero attached hydrogens (tertiary/aromatic N) is 1. The van der Waals surface area contributed by atoms with Crippen LogP contribution >= 0.6 is 11.8 Å². The summed E-state index contributed by atoms with van der Waals surface area (Å²) in [6, 6.07) is 20.2. The van der Waals surface area contributed by atoms with Crippen molar-refractivity contribution in [1.29, 1.82) is 0 Å². The second kappa shape index (κ2) is 12.1. The molecule has 3 rings (SSSR count). The van der Waals surface area contributed by atoms with Gasteiger partial charge in [-0.25, -0.2) is 8.42 Å². The second-order valence-corrected chi connectivity index (χ2v) is 11.4. The van der Waals surface area contributed by atoms with E-state index < -0.39 is 10.0 Å². The summed E-state index contributed by atoms with van der Waals surface area (Å²) in [5.41, 5.74) is 3.36. The van der Waals surface area contributed by atoms with E-state index in [-0.39, 0.29) is 17.3 Å². The maximum absolute atomic E-state index is 13.6. The van der Waals surface area contributed by atoms with Gasteiger partial charge in [-0.2, -0.15) is 0 Å². The minimum atomic E-state index is -4.00. The zero-order chi connectivity index (χ0) is 25.4. The summed E-state index contributed by atoms with van der Waals surface area (Å²) >= 11 is 1.73. The van der Waals surface area contributed by atoms with E-state index in [1.165, 1.54) is 17.6 Å². The van der Waals surface area contributed by atoms with E-state index in [1.807, 2.05) is 19.9 Å². The number of amides is 1. The summed E-state index contributed by atoms with van der Waals surface area (Å²) in [5, 5.41) is 2.86. The molecule has 0 fully saturated rings. The maximum Gasteiger partial charge on any atom is 0.264 e. The first-order chi connectivity index (χ1) is 16.7. The van der Waals surface area contributed by atoms with Gasteiger partial charge in [0.05, 0.1) is 17.7 Å². The van der Waals surface area contributed by atoms with Crippen LogP contribution in [-0.4, -0.2) is 40.3 Å². The molecule has 0 aliphatic rings. The minimum absolute atomic E-state index is 0.119. The van der Waals surface area contributed by atoms with Crippen LogP contribution in [0.2, 0.25) is 0 Å². The van der Waals surface area contributed by atoms with E-state index in [0.717, 1.165) is 27.6 Å². The van der Waals surface area contributed by atoms with Crippen molar-refractivity contribution in [2.24, 2.45) is 0 Å². The lowest BCUT2D eigenvalue weighted by Crippen LogP contribution is -2.41. The van der Waals surface area contributed by atoms with Gasteiger partial charge in [0.15, 0.2) is 0 Å². The predicted molar refractivity (Wildman–Crippen MR) is 143 cm³/mol. The highest BCUT2D eigenvalue weighted by Crippen LogP contribution is 2.33. The fraction of sp³-hybridized carbons (Fsp3) is 0.296. The fourth-order valence-corrected chi connectivity index (χ4v) is 5.72. The molecule has 0 saturated carbocycles. The third-order valence-electron chi connectivity index (χ3n) is 5.43. The summed E-state index contributed by atoms with van der Waals surface area (Å²) in [6.45, 7) is 5.93. The van der Waals surface area contributed by atoms with Crippen molar-refractivity contribution in [3.8, 4) is 5.75 Å². The molecule has 35 heavy (non-hydrogen) atoms. The van der Waals surface area contributed by atoms with Crippen LogP contribution in [0.25, 0.3) is 0 Å². The summed E-state index contributed by atoms with van der Waals surface area (Å²) in [4.78, 5) is 14.2. The topological polar surface area (TPSA) is 75.7 Å². The lowest BCUT2D eigenvalue weighted by Gasteiger charge is -2.26. The molecule has 3 aromatic rings. The normalized spacial score (nSPS) is 11.2. The molecule has 0 aliphatic carbocycles. The predicted octanol–water partition coefficient (Wildman–Crippen LogP) is 5.11. The molecule has 0 radical (unpaired) electrons. The standard InChI is InChI=1S/C27H32N2O4S2/c1-20-6-11-23(12-7-20)34-17-5-16-28-27(30)19-29(25-18-22(3)10-15-26(25)33-4)35(31,32)24-13-8-21(2)9-14-24/h6-15,18H,5,16-17,19H2,1-4H3,(H,28,30). The molecule has 0 aromatic heterocycles. The van der Waals surface area contributed by atoms with Gasteiger partial charge in [-0.3, -0.25) is 9.10 Å². The van der Waals surface area contributed by atoms with Crippen LogP contribution in [-0.2, 0) is 14.8 Å². The number of methoxy groups -OCH3 is 1. The lowest BCUT2D eigenvalue weighted by atomic mass is 10.2. The van der Waals surface area contributed by atoms with Gasteiger partial charge in [-0.05, 0) is 74.9 Å². The molecule has 0 bridgehead atoms. The van der Waals surface area contributed by atoms with Crippen LogP contribution in [0.15, 0.2) is 76.5 Å². The van der Waals surface area contributed by atoms with E-state index in [4.69, 9.17) is 4.74 Å². The van der Waals surface area contributed by atoms with Gasteiger partial charge >= 0.3 is 0 Å². The number of hydrogen-bond acceptors (Lipinski definition) is 5. The summed E-state index contributed by atoms with van der Waals surface area (Å²) in [7, 11) is -2.52. The maximum atomic E-state index is 13.6. The van der Waals surface area contributed by atoms with Gasteiger partial charge in [-0.15, -0.1) is 11.8 Å². The molecule has 0 saturated heterocycles. The van der Waals surface area contributed by atoms with E-state index >= 15 is 0 Å². The van der Waals surface area contributed by atoms with Crippen molar-refractivity contribution in [3.63, 3.8) is 0 Å². The van der Waals surface area contributed by atoms with Gasteiger partial charge in [0.2, 0.25) is 5.91 Å². The average molecular weight is 513 g/mol. The molecule has 0 unspecified atom stereocenters. The van der Waals surface area contributed by atoms with Crippen LogP contribution in [0, 0.1) is 20.8 Å². The first-order valence-corrected chi connectivity index (χ1v) is 13.8. The molecule has 0 heterocycles.